The van der Waals surface area contributed by atoms with Crippen molar-refractivity contribution in [2.75, 3.05) is 5.75 Å². The summed E-state index contributed by atoms with van der Waals surface area (Å²) < 4.78 is 5.99. The largest absolute Gasteiger partial charge is 0.445 e. The molecule has 5 nitrogen and oxygen atoms in total. The fourth-order valence-corrected chi connectivity index (χ4v) is 5.37. The molecule has 0 radical (unpaired) electrons. The van der Waals surface area contributed by atoms with Crippen LogP contribution in [0.3, 0.4) is 0 Å². The number of thiocarbonyl (C=S) groups is 1. The van der Waals surface area contributed by atoms with Gasteiger partial charge in [0.05, 0.1) is 12.0 Å². The van der Waals surface area contributed by atoms with E-state index in [4.69, 9.17) is 28.6 Å². The number of carbonyl (C=O) groups is 2. The predicted molar refractivity (Wildman–Crippen MR) is 134 cm³/mol. The molecule has 0 unspecified atom stereocenters. The Kier molecular flexibility index (Phi) is 8.57. The molecule has 0 spiro atoms. The molecule has 2 aromatic carbocycles. The van der Waals surface area contributed by atoms with Gasteiger partial charge in [-0.3, -0.25) is 9.69 Å². The van der Waals surface area contributed by atoms with Crippen LogP contribution in [0.2, 0.25) is 5.02 Å². The Balaban J connectivity index is 1.79. The number of hydrogen-bond donors (Lipinski definition) is 1. The third-order valence-electron chi connectivity index (χ3n) is 5.52. The number of hydrogen-bond acceptors (Lipinski definition) is 5. The van der Waals surface area contributed by atoms with E-state index in [2.05, 4.69) is 19.2 Å². The number of alkyl carbamates (subject to hydrolysis) is 1. The van der Waals surface area contributed by atoms with Crippen LogP contribution in [0.4, 0.5) is 4.79 Å². The second-order valence-electron chi connectivity index (χ2n) is 8.12. The number of nitrogens with one attached hydrogen (secondary N) is 1. The standard InChI is InChI=1S/C24H27ClN2O3S2/c1-15(2)20-14-32-24(31)27(20)22(28)16(3)21(18-9-11-19(25)12-10-18)26-23(29)30-13-17-7-5-4-6-8-17/h4-12,15-16,20-21H,13-14H2,1-3H3,(H,26,29)/t16-,20-,21-/m1/s1. The smallest absolute Gasteiger partial charge is 0.407 e. The molecule has 1 N–H and O–H groups in total. The number of carbonyl (C=O) groups excluding carboxylic acids is 2. The predicted octanol–water partition coefficient (Wildman–Crippen LogP) is 5.83. The van der Waals surface area contributed by atoms with E-state index in [0.29, 0.717) is 9.34 Å². The molecule has 1 aliphatic rings. The van der Waals surface area contributed by atoms with Gasteiger partial charge in [-0.05, 0) is 29.2 Å². The summed E-state index contributed by atoms with van der Waals surface area (Å²) in [5.74, 6) is 0.393. The number of ether oxygens (including phenoxy) is 1. The van der Waals surface area contributed by atoms with Crippen molar-refractivity contribution in [3.63, 3.8) is 0 Å². The highest BCUT2D eigenvalue weighted by Gasteiger charge is 2.40. The van der Waals surface area contributed by atoms with Crippen molar-refractivity contribution in [2.24, 2.45) is 11.8 Å². The maximum absolute atomic E-state index is 13.5. The van der Waals surface area contributed by atoms with Gasteiger partial charge in [0.2, 0.25) is 5.91 Å². The molecular weight excluding hydrogens is 464 g/mol. The van der Waals surface area contributed by atoms with Gasteiger partial charge in [0.15, 0.2) is 0 Å². The summed E-state index contributed by atoms with van der Waals surface area (Å²) in [6.07, 6.45) is -0.591. The highest BCUT2D eigenvalue weighted by molar-refractivity contribution is 8.23. The maximum Gasteiger partial charge on any atom is 0.407 e. The zero-order valence-electron chi connectivity index (χ0n) is 18.3. The van der Waals surface area contributed by atoms with Crippen LogP contribution in [0.25, 0.3) is 0 Å². The normalized spacial score (nSPS) is 17.8. The summed E-state index contributed by atoms with van der Waals surface area (Å²) in [7, 11) is 0. The minimum Gasteiger partial charge on any atom is -0.445 e. The molecule has 0 aliphatic carbocycles. The van der Waals surface area contributed by atoms with Crippen LogP contribution in [0, 0.1) is 11.8 Å². The summed E-state index contributed by atoms with van der Waals surface area (Å²) in [6, 6.07) is 16.0. The highest BCUT2D eigenvalue weighted by Crippen LogP contribution is 2.33. The Bertz CT molecular complexity index is 953. The molecule has 1 fully saturated rings. The van der Waals surface area contributed by atoms with Gasteiger partial charge in [-0.2, -0.15) is 0 Å². The van der Waals surface area contributed by atoms with Crippen LogP contribution in [0.5, 0.6) is 0 Å². The first-order chi connectivity index (χ1) is 15.3. The first-order valence-electron chi connectivity index (χ1n) is 10.5. The van der Waals surface area contributed by atoms with E-state index in [-0.39, 0.29) is 24.5 Å². The molecule has 8 heteroatoms. The lowest BCUT2D eigenvalue weighted by Gasteiger charge is -2.32. The quantitative estimate of drug-likeness (QED) is 0.495. The highest BCUT2D eigenvalue weighted by atomic mass is 35.5. The molecule has 1 aliphatic heterocycles. The molecule has 1 saturated heterocycles. The van der Waals surface area contributed by atoms with Crippen molar-refractivity contribution < 1.29 is 14.3 Å². The van der Waals surface area contributed by atoms with Gasteiger partial charge < -0.3 is 10.1 Å². The van der Waals surface area contributed by atoms with Gasteiger partial charge in [-0.1, -0.05) is 98.8 Å². The molecule has 0 aromatic heterocycles. The van der Waals surface area contributed by atoms with Gasteiger partial charge in [-0.15, -0.1) is 0 Å². The molecule has 1 heterocycles. The van der Waals surface area contributed by atoms with Crippen LogP contribution in [-0.2, 0) is 16.1 Å². The maximum atomic E-state index is 13.5. The number of benzene rings is 2. The molecule has 2 amide bonds. The minimum atomic E-state index is -0.593. The molecule has 170 valence electrons. The number of amides is 2. The van der Waals surface area contributed by atoms with Crippen LogP contribution >= 0.6 is 35.6 Å². The zero-order chi connectivity index (χ0) is 23.3. The Hall–Kier alpha value is -2.09. The van der Waals surface area contributed by atoms with Crippen molar-refractivity contribution in [1.29, 1.82) is 0 Å². The topological polar surface area (TPSA) is 58.6 Å². The minimum absolute atomic E-state index is 0.0401. The van der Waals surface area contributed by atoms with E-state index in [9.17, 15) is 9.59 Å². The first-order valence-corrected chi connectivity index (χ1v) is 12.3. The Morgan fingerprint density at radius 3 is 2.44 bits per heavy atom. The van der Waals surface area contributed by atoms with Gasteiger partial charge in [0.25, 0.3) is 0 Å². The van der Waals surface area contributed by atoms with E-state index in [0.717, 1.165) is 16.9 Å². The third-order valence-corrected chi connectivity index (χ3v) is 7.27. The summed E-state index contributed by atoms with van der Waals surface area (Å²) in [5, 5.41) is 3.46. The molecule has 0 bridgehead atoms. The van der Waals surface area contributed by atoms with E-state index in [1.165, 1.54) is 11.8 Å². The van der Waals surface area contributed by atoms with Gasteiger partial charge in [-0.25, -0.2) is 4.79 Å². The number of thioether (sulfide) groups is 1. The lowest BCUT2D eigenvalue weighted by Crippen LogP contribution is -2.47. The lowest BCUT2D eigenvalue weighted by atomic mass is 9.92. The van der Waals surface area contributed by atoms with Crippen LogP contribution in [0.15, 0.2) is 54.6 Å². The van der Waals surface area contributed by atoms with Gasteiger partial charge >= 0.3 is 6.09 Å². The fourth-order valence-electron chi connectivity index (χ4n) is 3.60. The SMILES string of the molecule is CC(C)[C@H]1CSC(=S)N1C(=O)[C@H](C)[C@@H](NC(=O)OCc1ccccc1)c1ccc(Cl)cc1. The van der Waals surface area contributed by atoms with Crippen molar-refractivity contribution in [2.45, 2.75) is 39.5 Å². The molecule has 3 rings (SSSR count). The van der Waals surface area contributed by atoms with Crippen molar-refractivity contribution in [1.82, 2.24) is 10.2 Å². The van der Waals surface area contributed by atoms with E-state index < -0.39 is 18.1 Å². The first kappa shape index (κ1) is 24.6. The number of halogens is 1. The van der Waals surface area contributed by atoms with Crippen molar-refractivity contribution >= 4 is 51.9 Å². The van der Waals surface area contributed by atoms with Crippen molar-refractivity contribution in [3.05, 3.63) is 70.7 Å². The summed E-state index contributed by atoms with van der Waals surface area (Å²) in [6.45, 7) is 6.12. The van der Waals surface area contributed by atoms with Gasteiger partial charge in [0, 0.05) is 16.8 Å². The summed E-state index contributed by atoms with van der Waals surface area (Å²) >= 11 is 13.0. The Labute approximate surface area is 203 Å². The average molecular weight is 491 g/mol. The zero-order valence-corrected chi connectivity index (χ0v) is 20.7. The average Bonchev–Trinajstić information content (AvgIpc) is 3.18. The van der Waals surface area contributed by atoms with E-state index in [1.807, 2.05) is 49.4 Å². The Morgan fingerprint density at radius 2 is 1.81 bits per heavy atom. The van der Waals surface area contributed by atoms with Gasteiger partial charge in [0.1, 0.15) is 10.9 Å². The second-order valence-corrected chi connectivity index (χ2v) is 10.2. The Morgan fingerprint density at radius 1 is 1.16 bits per heavy atom. The number of nitrogens with zero attached hydrogens (tertiary/aromatic N) is 1. The second kappa shape index (κ2) is 11.2. The molecule has 32 heavy (non-hydrogen) atoms. The summed E-state index contributed by atoms with van der Waals surface area (Å²) in [5.41, 5.74) is 1.65. The molecule has 0 saturated carbocycles. The fraction of sp³-hybridized carbons (Fsp3) is 0.375. The van der Waals surface area contributed by atoms with E-state index in [1.54, 1.807) is 17.0 Å². The lowest BCUT2D eigenvalue weighted by molar-refractivity contribution is -0.133. The summed E-state index contributed by atoms with van der Waals surface area (Å²) in [4.78, 5) is 27.9. The monoisotopic (exact) mass is 490 g/mol. The van der Waals surface area contributed by atoms with Crippen molar-refractivity contribution in [3.8, 4) is 0 Å². The third kappa shape index (κ3) is 6.03. The molecule has 2 aromatic rings. The van der Waals surface area contributed by atoms with E-state index >= 15 is 0 Å². The molecular formula is C24H27ClN2O3S2. The molecule has 3 atom stereocenters. The van der Waals surface area contributed by atoms with Crippen LogP contribution in [0.1, 0.15) is 37.9 Å². The van der Waals surface area contributed by atoms with Crippen LogP contribution < -0.4 is 5.32 Å². The van der Waals surface area contributed by atoms with Crippen LogP contribution in [-0.4, -0.2) is 33.0 Å². The number of rotatable bonds is 7.